The van der Waals surface area contributed by atoms with Crippen LogP contribution in [-0.4, -0.2) is 29.0 Å². The molecule has 1 saturated heterocycles. The van der Waals surface area contributed by atoms with E-state index in [1.165, 1.54) is 17.5 Å². The van der Waals surface area contributed by atoms with Crippen LogP contribution in [0.4, 0.5) is 5.82 Å². The number of carbonyl (C=O) groups is 1. The summed E-state index contributed by atoms with van der Waals surface area (Å²) < 4.78 is 0. The van der Waals surface area contributed by atoms with Gasteiger partial charge in [0.25, 0.3) is 0 Å². The number of aromatic nitrogens is 2. The lowest BCUT2D eigenvalue weighted by molar-refractivity contribution is -0.122. The standard InChI is InChI=1S/C21H25ClN4O/c1-14(25-21(27)18-6-7-18)15-2-4-16(5-3-15)17-8-10-26(11-9-17)20-12-19(22)23-13-24-20/h2-5,12-14,17-18H,6-11H2,1H3,(H,25,27). The van der Waals surface area contributed by atoms with Crippen molar-refractivity contribution in [2.24, 2.45) is 5.92 Å². The molecule has 6 heteroatoms. The summed E-state index contributed by atoms with van der Waals surface area (Å²) in [5.74, 6) is 1.92. The maximum Gasteiger partial charge on any atom is 0.223 e. The molecule has 1 unspecified atom stereocenters. The van der Waals surface area contributed by atoms with Crippen molar-refractivity contribution in [2.45, 2.75) is 44.6 Å². The monoisotopic (exact) mass is 384 g/mol. The minimum Gasteiger partial charge on any atom is -0.356 e. The van der Waals surface area contributed by atoms with Crippen molar-refractivity contribution in [1.29, 1.82) is 0 Å². The lowest BCUT2D eigenvalue weighted by Gasteiger charge is -2.33. The van der Waals surface area contributed by atoms with E-state index >= 15 is 0 Å². The maximum absolute atomic E-state index is 11.9. The first-order valence-corrected chi connectivity index (χ1v) is 10.1. The second-order valence-corrected chi connectivity index (χ2v) is 8.02. The number of halogens is 1. The van der Waals surface area contributed by atoms with Crippen molar-refractivity contribution >= 4 is 23.3 Å². The zero-order valence-corrected chi connectivity index (χ0v) is 16.3. The first-order chi connectivity index (χ1) is 13.1. The lowest BCUT2D eigenvalue weighted by atomic mass is 9.88. The molecule has 2 heterocycles. The van der Waals surface area contributed by atoms with E-state index in [4.69, 9.17) is 11.6 Å². The predicted octanol–water partition coefficient (Wildman–Crippen LogP) is 4.10. The van der Waals surface area contributed by atoms with Gasteiger partial charge < -0.3 is 10.2 Å². The molecule has 2 fully saturated rings. The molecule has 0 radical (unpaired) electrons. The quantitative estimate of drug-likeness (QED) is 0.788. The molecule has 2 aliphatic rings. The van der Waals surface area contributed by atoms with Crippen LogP contribution in [0.1, 0.15) is 55.7 Å². The Bertz CT molecular complexity index is 798. The van der Waals surface area contributed by atoms with Crippen molar-refractivity contribution in [2.75, 3.05) is 18.0 Å². The Morgan fingerprint density at radius 1 is 1.15 bits per heavy atom. The number of benzene rings is 1. The van der Waals surface area contributed by atoms with Gasteiger partial charge in [0.05, 0.1) is 6.04 Å². The highest BCUT2D eigenvalue weighted by molar-refractivity contribution is 6.29. The van der Waals surface area contributed by atoms with Crippen LogP contribution < -0.4 is 10.2 Å². The summed E-state index contributed by atoms with van der Waals surface area (Å²) in [6, 6.07) is 10.6. The molecule has 1 aliphatic carbocycles. The molecule has 1 aliphatic heterocycles. The van der Waals surface area contributed by atoms with E-state index in [2.05, 4.69) is 51.4 Å². The summed E-state index contributed by atoms with van der Waals surface area (Å²) in [6.45, 7) is 3.99. The molecule has 0 bridgehead atoms. The number of rotatable bonds is 5. The predicted molar refractivity (Wildman–Crippen MR) is 107 cm³/mol. The number of anilines is 1. The topological polar surface area (TPSA) is 58.1 Å². The van der Waals surface area contributed by atoms with Crippen LogP contribution in [0.5, 0.6) is 0 Å². The average molecular weight is 385 g/mol. The van der Waals surface area contributed by atoms with E-state index in [-0.39, 0.29) is 17.9 Å². The highest BCUT2D eigenvalue weighted by Gasteiger charge is 2.30. The number of nitrogens with zero attached hydrogens (tertiary/aromatic N) is 3. The number of piperidine rings is 1. The van der Waals surface area contributed by atoms with Crippen LogP contribution in [0, 0.1) is 5.92 Å². The molecule has 4 rings (SSSR count). The Kier molecular flexibility index (Phi) is 5.30. The molecule has 1 aromatic carbocycles. The van der Waals surface area contributed by atoms with E-state index in [9.17, 15) is 4.79 Å². The fourth-order valence-electron chi connectivity index (χ4n) is 3.76. The van der Waals surface area contributed by atoms with Crippen molar-refractivity contribution in [3.8, 4) is 0 Å². The Hall–Kier alpha value is -2.14. The lowest BCUT2D eigenvalue weighted by Crippen LogP contribution is -2.33. The van der Waals surface area contributed by atoms with Crippen LogP contribution in [0.3, 0.4) is 0 Å². The number of hydrogen-bond acceptors (Lipinski definition) is 4. The smallest absolute Gasteiger partial charge is 0.223 e. The van der Waals surface area contributed by atoms with Gasteiger partial charge in [-0.2, -0.15) is 0 Å². The molecule has 1 aromatic heterocycles. The number of hydrogen-bond donors (Lipinski definition) is 1. The van der Waals surface area contributed by atoms with Crippen LogP contribution in [0.15, 0.2) is 36.7 Å². The first kappa shape index (κ1) is 18.2. The van der Waals surface area contributed by atoms with Gasteiger partial charge in [0, 0.05) is 25.1 Å². The molecule has 1 saturated carbocycles. The third-order valence-corrected chi connectivity index (χ3v) is 5.86. The molecule has 27 heavy (non-hydrogen) atoms. The minimum atomic E-state index is 0.0662. The Morgan fingerprint density at radius 3 is 2.48 bits per heavy atom. The second kappa shape index (κ2) is 7.85. The van der Waals surface area contributed by atoms with Gasteiger partial charge in [0.15, 0.2) is 0 Å². The zero-order chi connectivity index (χ0) is 18.8. The molecule has 1 atom stereocenters. The maximum atomic E-state index is 11.9. The molecule has 1 N–H and O–H groups in total. The van der Waals surface area contributed by atoms with Gasteiger partial charge in [-0.15, -0.1) is 0 Å². The van der Waals surface area contributed by atoms with Crippen molar-refractivity contribution in [3.63, 3.8) is 0 Å². The van der Waals surface area contributed by atoms with Crippen LogP contribution in [0.2, 0.25) is 5.15 Å². The fourth-order valence-corrected chi connectivity index (χ4v) is 3.90. The van der Waals surface area contributed by atoms with Gasteiger partial charge in [-0.1, -0.05) is 35.9 Å². The van der Waals surface area contributed by atoms with Crippen molar-refractivity contribution < 1.29 is 4.79 Å². The highest BCUT2D eigenvalue weighted by Crippen LogP contribution is 2.32. The molecular formula is C21H25ClN4O. The number of carbonyl (C=O) groups excluding carboxylic acids is 1. The summed E-state index contributed by atoms with van der Waals surface area (Å²) in [5, 5.41) is 3.60. The molecule has 0 spiro atoms. The molecule has 5 nitrogen and oxygen atoms in total. The van der Waals surface area contributed by atoms with Gasteiger partial charge in [-0.3, -0.25) is 4.79 Å². The third-order valence-electron chi connectivity index (χ3n) is 5.65. The van der Waals surface area contributed by atoms with Gasteiger partial charge in [-0.05, 0) is 49.7 Å². The van der Waals surface area contributed by atoms with Gasteiger partial charge >= 0.3 is 0 Å². The SMILES string of the molecule is CC(NC(=O)C1CC1)c1ccc(C2CCN(c3cc(Cl)ncn3)CC2)cc1. The normalized spacial score (nSPS) is 19.0. The Labute approximate surface area is 165 Å². The largest absolute Gasteiger partial charge is 0.356 e. The van der Waals surface area contributed by atoms with Crippen molar-refractivity contribution in [1.82, 2.24) is 15.3 Å². The van der Waals surface area contributed by atoms with E-state index in [0.29, 0.717) is 11.1 Å². The fraction of sp³-hybridized carbons (Fsp3) is 0.476. The molecule has 1 amide bonds. The van der Waals surface area contributed by atoms with E-state index in [1.54, 1.807) is 0 Å². The summed E-state index contributed by atoms with van der Waals surface area (Å²) >= 11 is 5.98. The zero-order valence-electron chi connectivity index (χ0n) is 15.6. The summed E-state index contributed by atoms with van der Waals surface area (Å²) in [6.07, 6.45) is 5.78. The molecular weight excluding hydrogens is 360 g/mol. The average Bonchev–Trinajstić information content (AvgIpc) is 3.54. The molecule has 142 valence electrons. The first-order valence-electron chi connectivity index (χ1n) is 9.73. The Balaban J connectivity index is 1.33. The van der Waals surface area contributed by atoms with Gasteiger partial charge in [0.1, 0.15) is 17.3 Å². The van der Waals surface area contributed by atoms with E-state index in [0.717, 1.165) is 44.6 Å². The van der Waals surface area contributed by atoms with Crippen molar-refractivity contribution in [3.05, 3.63) is 52.9 Å². The van der Waals surface area contributed by atoms with Crippen LogP contribution >= 0.6 is 11.6 Å². The molecule has 2 aromatic rings. The number of amides is 1. The van der Waals surface area contributed by atoms with Gasteiger partial charge in [0.2, 0.25) is 5.91 Å². The van der Waals surface area contributed by atoms with E-state index < -0.39 is 0 Å². The van der Waals surface area contributed by atoms with Crippen LogP contribution in [0.25, 0.3) is 0 Å². The minimum absolute atomic E-state index is 0.0662. The summed E-state index contributed by atoms with van der Waals surface area (Å²) in [5.41, 5.74) is 2.54. The van der Waals surface area contributed by atoms with Gasteiger partial charge in [-0.25, -0.2) is 9.97 Å². The third kappa shape index (κ3) is 4.41. The second-order valence-electron chi connectivity index (χ2n) is 7.63. The summed E-state index contributed by atoms with van der Waals surface area (Å²) in [7, 11) is 0. The van der Waals surface area contributed by atoms with E-state index in [1.807, 2.05) is 6.07 Å². The Morgan fingerprint density at radius 2 is 1.85 bits per heavy atom. The number of nitrogens with one attached hydrogen (secondary N) is 1. The van der Waals surface area contributed by atoms with Crippen LogP contribution in [-0.2, 0) is 4.79 Å². The summed E-state index contributed by atoms with van der Waals surface area (Å²) in [4.78, 5) is 22.5. The highest BCUT2D eigenvalue weighted by atomic mass is 35.5.